The van der Waals surface area contributed by atoms with Gasteiger partial charge in [0.05, 0.1) is 12.2 Å². The van der Waals surface area contributed by atoms with Gasteiger partial charge in [-0.2, -0.15) is 0 Å². The first-order chi connectivity index (χ1) is 16.1. The Morgan fingerprint density at radius 3 is 2.64 bits per heavy atom. The lowest BCUT2D eigenvalue weighted by atomic mass is 9.77. The van der Waals surface area contributed by atoms with Crippen LogP contribution in [0.15, 0.2) is 30.5 Å². The Kier molecular flexibility index (Phi) is 5.36. The zero-order valence-corrected chi connectivity index (χ0v) is 19.7. The molecule has 1 atom stereocenters. The SMILES string of the molecule is Cc1ccc(N2Cc3cnc(NCC4CC4)nc3C3(CCN(C4CCCCC4)C3)C2=O)cc1. The average molecular weight is 446 g/mol. The van der Waals surface area contributed by atoms with Gasteiger partial charge >= 0.3 is 0 Å². The van der Waals surface area contributed by atoms with E-state index >= 15 is 0 Å². The molecular formula is C27H35N5O. The summed E-state index contributed by atoms with van der Waals surface area (Å²) in [5.41, 5.74) is 3.68. The number of hydrogen-bond donors (Lipinski definition) is 1. The Morgan fingerprint density at radius 1 is 1.09 bits per heavy atom. The average Bonchev–Trinajstić information content (AvgIpc) is 3.58. The van der Waals surface area contributed by atoms with Crippen LogP contribution in [0.5, 0.6) is 0 Å². The van der Waals surface area contributed by atoms with E-state index in [1.807, 2.05) is 11.1 Å². The normalized spacial score (nSPS) is 26.1. The van der Waals surface area contributed by atoms with Crippen LogP contribution in [-0.2, 0) is 16.8 Å². The van der Waals surface area contributed by atoms with E-state index in [-0.39, 0.29) is 5.91 Å². The molecule has 6 rings (SSSR count). The highest BCUT2D eigenvalue weighted by Gasteiger charge is 2.54. The Bertz CT molecular complexity index is 1030. The molecule has 3 heterocycles. The Labute approximate surface area is 196 Å². The number of aryl methyl sites for hydroxylation is 1. The number of amides is 1. The van der Waals surface area contributed by atoms with Crippen molar-refractivity contribution in [2.24, 2.45) is 5.92 Å². The second kappa shape index (κ2) is 8.39. The van der Waals surface area contributed by atoms with Gasteiger partial charge in [0.2, 0.25) is 11.9 Å². The number of hydrogen-bond acceptors (Lipinski definition) is 5. The van der Waals surface area contributed by atoms with E-state index in [9.17, 15) is 4.79 Å². The molecule has 33 heavy (non-hydrogen) atoms. The summed E-state index contributed by atoms with van der Waals surface area (Å²) in [5.74, 6) is 1.65. The van der Waals surface area contributed by atoms with Crippen molar-refractivity contribution in [1.29, 1.82) is 0 Å². The summed E-state index contributed by atoms with van der Waals surface area (Å²) in [6.45, 7) is 5.33. The summed E-state index contributed by atoms with van der Waals surface area (Å²) < 4.78 is 0. The van der Waals surface area contributed by atoms with Crippen LogP contribution in [0.4, 0.5) is 11.6 Å². The summed E-state index contributed by atoms with van der Waals surface area (Å²) in [5, 5.41) is 3.44. The summed E-state index contributed by atoms with van der Waals surface area (Å²) in [6.07, 6.45) is 11.9. The molecule has 1 N–H and O–H groups in total. The summed E-state index contributed by atoms with van der Waals surface area (Å²) in [6, 6.07) is 8.95. The van der Waals surface area contributed by atoms with Crippen molar-refractivity contribution >= 4 is 17.5 Å². The first-order valence-corrected chi connectivity index (χ1v) is 12.9. The lowest BCUT2D eigenvalue weighted by Crippen LogP contribution is -2.54. The van der Waals surface area contributed by atoms with Gasteiger partial charge in [0, 0.05) is 36.6 Å². The van der Waals surface area contributed by atoms with Crippen molar-refractivity contribution in [3.63, 3.8) is 0 Å². The first-order valence-electron chi connectivity index (χ1n) is 12.9. The molecule has 1 saturated heterocycles. The van der Waals surface area contributed by atoms with Gasteiger partial charge in [-0.1, -0.05) is 37.0 Å². The Balaban J connectivity index is 1.36. The summed E-state index contributed by atoms with van der Waals surface area (Å²) in [7, 11) is 0. The number of carbonyl (C=O) groups is 1. The Morgan fingerprint density at radius 2 is 1.88 bits per heavy atom. The molecule has 6 heteroatoms. The van der Waals surface area contributed by atoms with Crippen LogP contribution >= 0.6 is 0 Å². The predicted molar refractivity (Wildman–Crippen MR) is 130 cm³/mol. The van der Waals surface area contributed by atoms with Crippen LogP contribution in [0.3, 0.4) is 0 Å². The quantitative estimate of drug-likeness (QED) is 0.738. The second-order valence-corrected chi connectivity index (χ2v) is 10.7. The van der Waals surface area contributed by atoms with Crippen molar-refractivity contribution in [2.45, 2.75) is 76.3 Å². The fourth-order valence-corrected chi connectivity index (χ4v) is 6.08. The molecule has 0 bridgehead atoms. The van der Waals surface area contributed by atoms with Gasteiger partial charge in [-0.25, -0.2) is 9.97 Å². The number of nitrogens with zero attached hydrogens (tertiary/aromatic N) is 4. The third-order valence-electron chi connectivity index (χ3n) is 8.28. The molecule has 6 nitrogen and oxygen atoms in total. The van der Waals surface area contributed by atoms with Crippen LogP contribution in [0.1, 0.15) is 68.2 Å². The maximum Gasteiger partial charge on any atom is 0.240 e. The smallest absolute Gasteiger partial charge is 0.240 e. The van der Waals surface area contributed by atoms with Crippen LogP contribution in [0, 0.1) is 12.8 Å². The minimum Gasteiger partial charge on any atom is -0.354 e. The molecule has 1 aromatic carbocycles. The minimum absolute atomic E-state index is 0.212. The molecule has 2 aromatic rings. The van der Waals surface area contributed by atoms with Crippen molar-refractivity contribution in [3.05, 3.63) is 47.3 Å². The highest BCUT2D eigenvalue weighted by molar-refractivity contribution is 6.03. The highest BCUT2D eigenvalue weighted by Crippen LogP contribution is 2.44. The fraction of sp³-hybridized carbons (Fsp3) is 0.593. The number of aromatic nitrogens is 2. The molecule has 2 saturated carbocycles. The molecule has 1 unspecified atom stereocenters. The summed E-state index contributed by atoms with van der Waals surface area (Å²) in [4.78, 5) is 28.5. The lowest BCUT2D eigenvalue weighted by Gasteiger charge is -2.41. The van der Waals surface area contributed by atoms with E-state index in [0.717, 1.165) is 48.9 Å². The van der Waals surface area contributed by atoms with Crippen molar-refractivity contribution in [2.75, 3.05) is 29.9 Å². The molecule has 3 fully saturated rings. The van der Waals surface area contributed by atoms with Gasteiger partial charge in [-0.05, 0) is 63.6 Å². The van der Waals surface area contributed by atoms with Crippen molar-refractivity contribution in [1.82, 2.24) is 14.9 Å². The number of fused-ring (bicyclic) bond motifs is 2. The fourth-order valence-electron chi connectivity index (χ4n) is 6.08. The lowest BCUT2D eigenvalue weighted by molar-refractivity contribution is -0.124. The van der Waals surface area contributed by atoms with Crippen LogP contribution in [-0.4, -0.2) is 46.5 Å². The minimum atomic E-state index is -0.575. The van der Waals surface area contributed by atoms with Gasteiger partial charge in [0.1, 0.15) is 5.41 Å². The number of nitrogens with one attached hydrogen (secondary N) is 1. The monoisotopic (exact) mass is 445 g/mol. The van der Waals surface area contributed by atoms with Crippen LogP contribution in [0.2, 0.25) is 0 Å². The van der Waals surface area contributed by atoms with Gasteiger partial charge in [0.15, 0.2) is 0 Å². The molecule has 174 valence electrons. The highest BCUT2D eigenvalue weighted by atomic mass is 16.2. The van der Waals surface area contributed by atoms with Gasteiger partial charge < -0.3 is 10.2 Å². The number of carbonyl (C=O) groups excluding carboxylic acids is 1. The van der Waals surface area contributed by atoms with E-state index in [2.05, 4.69) is 46.4 Å². The number of rotatable bonds is 5. The van der Waals surface area contributed by atoms with Crippen LogP contribution in [0.25, 0.3) is 0 Å². The van der Waals surface area contributed by atoms with Crippen molar-refractivity contribution < 1.29 is 4.79 Å². The van der Waals surface area contributed by atoms with E-state index in [1.165, 1.54) is 50.5 Å². The van der Waals surface area contributed by atoms with Gasteiger partial charge in [0.25, 0.3) is 0 Å². The zero-order valence-electron chi connectivity index (χ0n) is 19.7. The third kappa shape index (κ3) is 3.92. The number of likely N-dealkylation sites (tertiary alicyclic amines) is 1. The van der Waals surface area contributed by atoms with E-state index in [0.29, 0.717) is 18.5 Å². The Hall–Kier alpha value is -2.47. The van der Waals surface area contributed by atoms with E-state index in [1.54, 1.807) is 0 Å². The number of benzene rings is 1. The number of anilines is 2. The van der Waals surface area contributed by atoms with Gasteiger partial charge in [-0.3, -0.25) is 9.69 Å². The standard InChI is InChI=1S/C27H35N5O/c1-19-7-11-23(12-8-19)32-17-21-16-29-26(28-15-20-9-10-20)30-24(21)27(25(32)33)13-14-31(18-27)22-5-3-2-4-6-22/h7-8,11-12,16,20,22H,2-6,9-10,13-15,17-18H2,1H3,(H,28,29,30). The first kappa shape index (κ1) is 21.1. The van der Waals surface area contributed by atoms with E-state index in [4.69, 9.17) is 4.98 Å². The molecule has 0 radical (unpaired) electrons. The molecule has 2 aliphatic carbocycles. The largest absolute Gasteiger partial charge is 0.354 e. The summed E-state index contributed by atoms with van der Waals surface area (Å²) >= 11 is 0. The third-order valence-corrected chi connectivity index (χ3v) is 8.28. The predicted octanol–water partition coefficient (Wildman–Crippen LogP) is 4.43. The van der Waals surface area contributed by atoms with Crippen LogP contribution < -0.4 is 10.2 Å². The molecule has 1 spiro atoms. The molecule has 2 aliphatic heterocycles. The molecule has 1 aromatic heterocycles. The van der Waals surface area contributed by atoms with Gasteiger partial charge in [-0.15, -0.1) is 0 Å². The van der Waals surface area contributed by atoms with E-state index < -0.39 is 5.41 Å². The maximum absolute atomic E-state index is 14.2. The zero-order chi connectivity index (χ0) is 22.4. The molecule has 4 aliphatic rings. The molecule has 1 amide bonds. The van der Waals surface area contributed by atoms with Crippen molar-refractivity contribution in [3.8, 4) is 0 Å². The molecular weight excluding hydrogens is 410 g/mol. The second-order valence-electron chi connectivity index (χ2n) is 10.7. The maximum atomic E-state index is 14.2. The topological polar surface area (TPSA) is 61.4 Å².